The first-order chi connectivity index (χ1) is 9.95. The second kappa shape index (κ2) is 6.97. The van der Waals surface area contributed by atoms with Crippen LogP contribution in [0.1, 0.15) is 24.1 Å². The van der Waals surface area contributed by atoms with Gasteiger partial charge in [-0.05, 0) is 46.1 Å². The van der Waals surface area contributed by atoms with Gasteiger partial charge in [0.2, 0.25) is 0 Å². The molecule has 0 saturated carbocycles. The van der Waals surface area contributed by atoms with Crippen LogP contribution in [0, 0.1) is 5.82 Å². The maximum Gasteiger partial charge on any atom is 0.139 e. The molecule has 1 unspecified atom stereocenters. The summed E-state index contributed by atoms with van der Waals surface area (Å²) in [6.07, 6.45) is 0. The number of nitrogens with two attached hydrogens (primary N) is 1. The van der Waals surface area contributed by atoms with E-state index in [0.29, 0.717) is 38.0 Å². The Kier molecular flexibility index (Phi) is 5.49. The minimum atomic E-state index is -0.601. The van der Waals surface area contributed by atoms with E-state index in [1.54, 1.807) is 24.3 Å². The Balaban J connectivity index is 2.46. The Morgan fingerprint density at radius 1 is 1.24 bits per heavy atom. The van der Waals surface area contributed by atoms with E-state index in [2.05, 4.69) is 15.9 Å². The van der Waals surface area contributed by atoms with Crippen LogP contribution in [-0.2, 0) is 0 Å². The largest absolute Gasteiger partial charge is 0.492 e. The van der Waals surface area contributed by atoms with Crippen LogP contribution in [0.15, 0.2) is 34.8 Å². The van der Waals surface area contributed by atoms with E-state index in [9.17, 15) is 4.39 Å². The lowest BCUT2D eigenvalue weighted by molar-refractivity contribution is 0.340. The summed E-state index contributed by atoms with van der Waals surface area (Å²) in [5.74, 6) is 0.120. The molecule has 112 valence electrons. The molecule has 0 aliphatic heterocycles. The smallest absolute Gasteiger partial charge is 0.139 e. The summed E-state index contributed by atoms with van der Waals surface area (Å²) >= 11 is 15.6. The molecule has 2 N–H and O–H groups in total. The molecule has 0 aromatic heterocycles. The molecule has 2 aromatic rings. The number of hydrogen-bond acceptors (Lipinski definition) is 2. The number of halogens is 4. The molecule has 0 aliphatic rings. The van der Waals surface area contributed by atoms with Crippen LogP contribution < -0.4 is 10.5 Å². The van der Waals surface area contributed by atoms with Gasteiger partial charge < -0.3 is 10.5 Å². The highest BCUT2D eigenvalue weighted by Crippen LogP contribution is 2.37. The van der Waals surface area contributed by atoms with Crippen LogP contribution in [0.25, 0.3) is 0 Å². The van der Waals surface area contributed by atoms with Crippen molar-refractivity contribution in [3.05, 3.63) is 61.8 Å². The van der Waals surface area contributed by atoms with Crippen LogP contribution in [-0.4, -0.2) is 6.61 Å². The fourth-order valence-electron chi connectivity index (χ4n) is 1.98. The number of rotatable bonds is 4. The SMILES string of the molecule is CCOc1cc(Cl)c(C(N)c2cccc(F)c2Br)cc1Cl. The minimum absolute atomic E-state index is 0.318. The molecular formula is C15H13BrCl2FNO. The Morgan fingerprint density at radius 2 is 1.95 bits per heavy atom. The van der Waals surface area contributed by atoms with Crippen LogP contribution in [0.3, 0.4) is 0 Å². The minimum Gasteiger partial charge on any atom is -0.492 e. The quantitative estimate of drug-likeness (QED) is 0.761. The average Bonchev–Trinajstić information content (AvgIpc) is 2.45. The standard InChI is InChI=1S/C15H13BrCl2FNO/c1-2-21-13-7-10(17)9(6-11(13)18)15(20)8-4-3-5-12(19)14(8)16/h3-7,15H,2,20H2,1H3. The van der Waals surface area contributed by atoms with Gasteiger partial charge in [-0.3, -0.25) is 0 Å². The third kappa shape index (κ3) is 3.51. The fraction of sp³-hybridized carbons (Fsp3) is 0.200. The van der Waals surface area contributed by atoms with Gasteiger partial charge in [0.05, 0.1) is 22.1 Å². The first-order valence-electron chi connectivity index (χ1n) is 6.27. The molecule has 2 rings (SSSR count). The highest BCUT2D eigenvalue weighted by molar-refractivity contribution is 9.10. The van der Waals surface area contributed by atoms with E-state index < -0.39 is 6.04 Å². The lowest BCUT2D eigenvalue weighted by Gasteiger charge is -2.18. The molecule has 2 nitrogen and oxygen atoms in total. The Morgan fingerprint density at radius 3 is 2.62 bits per heavy atom. The monoisotopic (exact) mass is 391 g/mol. The van der Waals surface area contributed by atoms with Crippen molar-refractivity contribution in [1.29, 1.82) is 0 Å². The van der Waals surface area contributed by atoms with Gasteiger partial charge in [-0.15, -0.1) is 0 Å². The zero-order valence-electron chi connectivity index (χ0n) is 11.2. The van der Waals surface area contributed by atoms with Crippen molar-refractivity contribution in [2.75, 3.05) is 6.61 Å². The van der Waals surface area contributed by atoms with E-state index in [1.165, 1.54) is 6.07 Å². The van der Waals surface area contributed by atoms with Crippen LogP contribution in [0.4, 0.5) is 4.39 Å². The summed E-state index contributed by atoms with van der Waals surface area (Å²) in [5.41, 5.74) is 7.40. The van der Waals surface area contributed by atoms with Crippen molar-refractivity contribution in [3.8, 4) is 5.75 Å². The van der Waals surface area contributed by atoms with Crippen LogP contribution in [0.5, 0.6) is 5.75 Å². The first-order valence-corrected chi connectivity index (χ1v) is 7.81. The summed E-state index contributed by atoms with van der Waals surface area (Å²) in [6.45, 7) is 2.34. The van der Waals surface area contributed by atoms with E-state index in [-0.39, 0.29) is 5.82 Å². The molecule has 6 heteroatoms. The lowest BCUT2D eigenvalue weighted by Crippen LogP contribution is -2.14. The van der Waals surface area contributed by atoms with E-state index >= 15 is 0 Å². The maximum atomic E-state index is 13.6. The molecule has 0 aliphatic carbocycles. The molecule has 0 saturated heterocycles. The number of hydrogen-bond donors (Lipinski definition) is 1. The van der Waals surface area contributed by atoms with Gasteiger partial charge in [0, 0.05) is 11.1 Å². The van der Waals surface area contributed by atoms with E-state index in [0.717, 1.165) is 0 Å². The zero-order chi connectivity index (χ0) is 15.6. The topological polar surface area (TPSA) is 35.2 Å². The van der Waals surface area contributed by atoms with Crippen molar-refractivity contribution in [2.24, 2.45) is 5.73 Å². The van der Waals surface area contributed by atoms with Gasteiger partial charge in [-0.25, -0.2) is 4.39 Å². The van der Waals surface area contributed by atoms with Crippen LogP contribution >= 0.6 is 39.1 Å². The third-order valence-corrected chi connectivity index (χ3v) is 4.46. The normalized spacial score (nSPS) is 12.3. The van der Waals surface area contributed by atoms with Gasteiger partial charge >= 0.3 is 0 Å². The van der Waals surface area contributed by atoms with Gasteiger partial charge in [0.1, 0.15) is 11.6 Å². The predicted molar refractivity (Wildman–Crippen MR) is 87.8 cm³/mol. The highest BCUT2D eigenvalue weighted by atomic mass is 79.9. The molecule has 0 bridgehead atoms. The summed E-state index contributed by atoms with van der Waals surface area (Å²) in [6, 6.07) is 7.35. The van der Waals surface area contributed by atoms with Gasteiger partial charge in [0.15, 0.2) is 0 Å². The Labute approximate surface area is 141 Å². The highest BCUT2D eigenvalue weighted by Gasteiger charge is 2.19. The molecule has 2 aromatic carbocycles. The Bertz CT molecular complexity index is 666. The average molecular weight is 393 g/mol. The fourth-order valence-corrected chi connectivity index (χ4v) is 2.99. The van der Waals surface area contributed by atoms with Gasteiger partial charge in [-0.2, -0.15) is 0 Å². The van der Waals surface area contributed by atoms with Gasteiger partial charge in [-0.1, -0.05) is 35.3 Å². The molecule has 0 spiro atoms. The second-order valence-electron chi connectivity index (χ2n) is 4.36. The molecule has 1 atom stereocenters. The Hall–Kier alpha value is -0.810. The van der Waals surface area contributed by atoms with E-state index in [4.69, 9.17) is 33.7 Å². The summed E-state index contributed by atoms with van der Waals surface area (Å²) < 4.78 is 19.3. The zero-order valence-corrected chi connectivity index (χ0v) is 14.3. The maximum absolute atomic E-state index is 13.6. The number of ether oxygens (including phenoxy) is 1. The third-order valence-electron chi connectivity index (χ3n) is 3.00. The summed E-state index contributed by atoms with van der Waals surface area (Å²) in [7, 11) is 0. The van der Waals surface area contributed by atoms with Crippen molar-refractivity contribution < 1.29 is 9.13 Å². The number of benzene rings is 2. The molecular weight excluding hydrogens is 380 g/mol. The van der Waals surface area contributed by atoms with Crippen molar-refractivity contribution in [2.45, 2.75) is 13.0 Å². The summed E-state index contributed by atoms with van der Waals surface area (Å²) in [5, 5.41) is 0.839. The molecule has 21 heavy (non-hydrogen) atoms. The summed E-state index contributed by atoms with van der Waals surface area (Å²) in [4.78, 5) is 0. The second-order valence-corrected chi connectivity index (χ2v) is 5.97. The van der Waals surface area contributed by atoms with Crippen molar-refractivity contribution in [1.82, 2.24) is 0 Å². The van der Waals surface area contributed by atoms with Crippen LogP contribution in [0.2, 0.25) is 10.0 Å². The molecule has 0 amide bonds. The first kappa shape index (κ1) is 16.6. The van der Waals surface area contributed by atoms with E-state index in [1.807, 2.05) is 6.92 Å². The van der Waals surface area contributed by atoms with Gasteiger partial charge in [0.25, 0.3) is 0 Å². The predicted octanol–water partition coefficient (Wildman–Crippen LogP) is 5.34. The van der Waals surface area contributed by atoms with Crippen molar-refractivity contribution >= 4 is 39.1 Å². The molecule has 0 heterocycles. The molecule has 0 radical (unpaired) electrons. The van der Waals surface area contributed by atoms with Crippen molar-refractivity contribution in [3.63, 3.8) is 0 Å². The lowest BCUT2D eigenvalue weighted by atomic mass is 9.99. The molecule has 0 fully saturated rings.